The van der Waals surface area contributed by atoms with Crippen molar-refractivity contribution in [1.29, 1.82) is 0 Å². The van der Waals surface area contributed by atoms with Crippen molar-refractivity contribution >= 4 is 17.1 Å². The minimum atomic E-state index is -0.124. The third-order valence-electron chi connectivity index (χ3n) is 13.7. The summed E-state index contributed by atoms with van der Waals surface area (Å²) in [6.45, 7) is 19.5. The molecule has 0 heterocycles. The molecule has 0 bridgehead atoms. The third kappa shape index (κ3) is 5.97. The second-order valence-electron chi connectivity index (χ2n) is 18.9. The minimum Gasteiger partial charge on any atom is -0.310 e. The molecule has 0 unspecified atom stereocenters. The van der Waals surface area contributed by atoms with Gasteiger partial charge in [0.15, 0.2) is 0 Å². The Morgan fingerprint density at radius 1 is 0.473 bits per heavy atom. The maximum atomic E-state index is 2.63. The highest BCUT2D eigenvalue weighted by molar-refractivity contribution is 5.96. The second-order valence-corrected chi connectivity index (χ2v) is 18.9. The van der Waals surface area contributed by atoms with Gasteiger partial charge in [-0.1, -0.05) is 134 Å². The van der Waals surface area contributed by atoms with Gasteiger partial charge in [-0.25, -0.2) is 0 Å². The zero-order chi connectivity index (χ0) is 38.3. The van der Waals surface area contributed by atoms with E-state index in [0.29, 0.717) is 5.92 Å². The van der Waals surface area contributed by atoms with Crippen molar-refractivity contribution in [2.75, 3.05) is 4.90 Å². The Morgan fingerprint density at radius 3 is 1.80 bits per heavy atom. The summed E-state index contributed by atoms with van der Waals surface area (Å²) in [6.07, 6.45) is 7.28. The Labute approximate surface area is 330 Å². The lowest BCUT2D eigenvalue weighted by Crippen LogP contribution is -2.34. The minimum absolute atomic E-state index is 0.103. The molecule has 9 rings (SSSR count). The van der Waals surface area contributed by atoms with Crippen LogP contribution in [0.4, 0.5) is 17.1 Å². The first-order valence-corrected chi connectivity index (χ1v) is 20.9. The quantitative estimate of drug-likeness (QED) is 0.166. The Hall–Kier alpha value is -4.88. The van der Waals surface area contributed by atoms with Crippen LogP contribution in [0.3, 0.4) is 0 Å². The molecule has 278 valence electrons. The summed E-state index contributed by atoms with van der Waals surface area (Å²) in [4.78, 5) is 2.59. The van der Waals surface area contributed by atoms with Crippen molar-refractivity contribution in [2.45, 2.75) is 116 Å². The van der Waals surface area contributed by atoms with Gasteiger partial charge in [-0.05, 0) is 164 Å². The van der Waals surface area contributed by atoms with Gasteiger partial charge in [-0.2, -0.15) is 0 Å². The summed E-state index contributed by atoms with van der Waals surface area (Å²) >= 11 is 0. The average Bonchev–Trinajstić information content (AvgIpc) is 3.41. The molecule has 0 saturated heterocycles. The van der Waals surface area contributed by atoms with Crippen molar-refractivity contribution in [2.24, 2.45) is 0 Å². The van der Waals surface area contributed by atoms with Crippen LogP contribution in [0.2, 0.25) is 0 Å². The van der Waals surface area contributed by atoms with Crippen LogP contribution in [-0.2, 0) is 29.1 Å². The van der Waals surface area contributed by atoms with Crippen molar-refractivity contribution in [3.63, 3.8) is 0 Å². The largest absolute Gasteiger partial charge is 0.310 e. The standard InChI is InChI=1S/C54H57N/c1-35(2)43-32-49-50(53(5,6)29-28-52(49,3)4)33-44(43)46-31-45-42-20-14-15-21-47(42)54(7,8)48(45)34-51(46)55(41-27-24-37-18-12-13-19-39(37)30-41)40-25-22-38(23-26-40)36-16-10-9-11-17-36/h9-11,14-17,20-27,30-35H,12-13,18-19,28-29H2,1-8H3. The fourth-order valence-electron chi connectivity index (χ4n) is 10.2. The molecule has 0 aliphatic heterocycles. The van der Waals surface area contributed by atoms with Crippen molar-refractivity contribution < 1.29 is 0 Å². The number of fused-ring (bicyclic) bond motifs is 5. The third-order valence-corrected chi connectivity index (χ3v) is 13.7. The molecular formula is C54H57N. The lowest BCUT2D eigenvalue weighted by Gasteiger charge is -2.43. The zero-order valence-corrected chi connectivity index (χ0v) is 34.3. The van der Waals surface area contributed by atoms with Gasteiger partial charge in [0.1, 0.15) is 0 Å². The fourth-order valence-corrected chi connectivity index (χ4v) is 10.2. The fraction of sp³-hybridized carbons (Fsp3) is 0.333. The maximum absolute atomic E-state index is 2.63. The average molecular weight is 720 g/mol. The van der Waals surface area contributed by atoms with Gasteiger partial charge in [0.25, 0.3) is 0 Å². The first-order valence-electron chi connectivity index (χ1n) is 20.9. The molecule has 1 nitrogen and oxygen atoms in total. The predicted molar refractivity (Wildman–Crippen MR) is 236 cm³/mol. The summed E-state index contributed by atoms with van der Waals surface area (Å²) in [5.41, 5.74) is 22.1. The van der Waals surface area contributed by atoms with Crippen LogP contribution in [0.5, 0.6) is 0 Å². The number of aryl methyl sites for hydroxylation is 2. The molecule has 0 fully saturated rings. The number of hydrogen-bond acceptors (Lipinski definition) is 1. The molecule has 0 amide bonds. The highest BCUT2D eigenvalue weighted by Gasteiger charge is 2.40. The second kappa shape index (κ2) is 13.1. The van der Waals surface area contributed by atoms with E-state index in [2.05, 4.69) is 182 Å². The van der Waals surface area contributed by atoms with E-state index in [1.54, 1.807) is 0 Å². The molecule has 3 aliphatic rings. The predicted octanol–water partition coefficient (Wildman–Crippen LogP) is 15.1. The van der Waals surface area contributed by atoms with E-state index in [9.17, 15) is 0 Å². The highest BCUT2D eigenvalue weighted by Crippen LogP contribution is 2.56. The molecule has 0 atom stereocenters. The highest BCUT2D eigenvalue weighted by atomic mass is 15.1. The lowest BCUT2D eigenvalue weighted by molar-refractivity contribution is 0.331. The van der Waals surface area contributed by atoms with E-state index in [4.69, 9.17) is 0 Å². The molecule has 0 saturated carbocycles. The van der Waals surface area contributed by atoms with E-state index < -0.39 is 0 Å². The molecule has 3 aliphatic carbocycles. The van der Waals surface area contributed by atoms with Gasteiger partial charge in [-0.3, -0.25) is 0 Å². The first kappa shape index (κ1) is 35.8. The van der Waals surface area contributed by atoms with E-state index in [1.165, 1.54) is 121 Å². The van der Waals surface area contributed by atoms with Gasteiger partial charge < -0.3 is 4.90 Å². The summed E-state index contributed by atoms with van der Waals surface area (Å²) in [6, 6.07) is 47.0. The number of anilines is 3. The molecule has 6 aromatic carbocycles. The van der Waals surface area contributed by atoms with Crippen LogP contribution < -0.4 is 4.90 Å². The van der Waals surface area contributed by atoms with Gasteiger partial charge in [-0.15, -0.1) is 0 Å². The van der Waals surface area contributed by atoms with E-state index >= 15 is 0 Å². The molecule has 1 heteroatoms. The number of hydrogen-bond donors (Lipinski definition) is 0. The van der Waals surface area contributed by atoms with Gasteiger partial charge >= 0.3 is 0 Å². The first-order chi connectivity index (χ1) is 26.3. The summed E-state index contributed by atoms with van der Waals surface area (Å²) in [5.74, 6) is 0.369. The maximum Gasteiger partial charge on any atom is 0.0543 e. The van der Waals surface area contributed by atoms with Crippen molar-refractivity contribution in [3.8, 4) is 33.4 Å². The monoisotopic (exact) mass is 719 g/mol. The summed E-state index contributed by atoms with van der Waals surface area (Å²) in [5, 5.41) is 0. The Bertz CT molecular complexity index is 2420. The van der Waals surface area contributed by atoms with E-state index in [1.807, 2.05) is 0 Å². The van der Waals surface area contributed by atoms with Crippen LogP contribution in [0.1, 0.15) is 126 Å². The van der Waals surface area contributed by atoms with Crippen molar-refractivity contribution in [1.82, 2.24) is 0 Å². The van der Waals surface area contributed by atoms with E-state index in [0.717, 1.165) is 6.42 Å². The number of rotatable bonds is 6. The van der Waals surface area contributed by atoms with Gasteiger partial charge in [0.2, 0.25) is 0 Å². The van der Waals surface area contributed by atoms with Crippen molar-refractivity contribution in [3.05, 3.63) is 160 Å². The van der Waals surface area contributed by atoms with Crippen LogP contribution in [0.25, 0.3) is 33.4 Å². The normalized spacial score (nSPS) is 17.3. The van der Waals surface area contributed by atoms with E-state index in [-0.39, 0.29) is 16.2 Å². The smallest absolute Gasteiger partial charge is 0.0543 e. The summed E-state index contributed by atoms with van der Waals surface area (Å²) < 4.78 is 0. The van der Waals surface area contributed by atoms with Crippen LogP contribution in [0.15, 0.2) is 121 Å². The number of benzene rings is 6. The molecule has 0 radical (unpaired) electrons. The topological polar surface area (TPSA) is 3.24 Å². The van der Waals surface area contributed by atoms with Gasteiger partial charge in [0.05, 0.1) is 5.69 Å². The lowest BCUT2D eigenvalue weighted by atomic mass is 9.62. The van der Waals surface area contributed by atoms with Crippen LogP contribution >= 0.6 is 0 Å². The van der Waals surface area contributed by atoms with Gasteiger partial charge in [0, 0.05) is 22.4 Å². The Balaban J connectivity index is 1.36. The van der Waals surface area contributed by atoms with Crippen LogP contribution in [0, 0.1) is 0 Å². The molecule has 0 N–H and O–H groups in total. The molecule has 55 heavy (non-hydrogen) atoms. The Kier molecular flexibility index (Phi) is 8.54. The van der Waals surface area contributed by atoms with Crippen LogP contribution in [-0.4, -0.2) is 0 Å². The molecule has 0 aromatic heterocycles. The zero-order valence-electron chi connectivity index (χ0n) is 34.3. The SMILES string of the molecule is CC(C)c1cc2c(cc1-c1cc3c(cc1N(c1ccc(-c4ccccc4)cc1)c1ccc4c(c1)CCCC4)C(C)(C)c1ccccc1-3)C(C)(C)CCC2(C)C. The molecular weight excluding hydrogens is 663 g/mol. The number of nitrogens with zero attached hydrogens (tertiary/aromatic N) is 1. The summed E-state index contributed by atoms with van der Waals surface area (Å²) in [7, 11) is 0. The molecule has 6 aromatic rings. The Morgan fingerprint density at radius 2 is 1.09 bits per heavy atom. The molecule has 0 spiro atoms.